The maximum atomic E-state index is 13.2. The quantitative estimate of drug-likeness (QED) is 0.813. The summed E-state index contributed by atoms with van der Waals surface area (Å²) in [6, 6.07) is 5.92. The zero-order valence-electron chi connectivity index (χ0n) is 15.8. The van der Waals surface area contributed by atoms with Crippen molar-refractivity contribution in [1.82, 2.24) is 4.90 Å². The van der Waals surface area contributed by atoms with Crippen molar-refractivity contribution >= 4 is 17.5 Å². The molecule has 2 aliphatic heterocycles. The van der Waals surface area contributed by atoms with Gasteiger partial charge in [-0.3, -0.25) is 9.59 Å². The van der Waals surface area contributed by atoms with Crippen LogP contribution in [0.2, 0.25) is 0 Å². The molecule has 2 heterocycles. The zero-order chi connectivity index (χ0) is 18.9. The summed E-state index contributed by atoms with van der Waals surface area (Å²) in [5, 5.41) is 0. The molecular weight excluding hydrogens is 335 g/mol. The molecule has 0 aromatic heterocycles. The lowest BCUT2D eigenvalue weighted by Crippen LogP contribution is -2.62. The van der Waals surface area contributed by atoms with Crippen molar-refractivity contribution in [2.24, 2.45) is 5.41 Å². The van der Waals surface area contributed by atoms with Crippen molar-refractivity contribution in [3.8, 4) is 0 Å². The number of likely N-dealkylation sites (tertiary alicyclic amines) is 1. The highest BCUT2D eigenvalue weighted by Crippen LogP contribution is 2.33. The summed E-state index contributed by atoms with van der Waals surface area (Å²) in [5.74, 6) is -0.341. The molecule has 0 N–H and O–H groups in total. The van der Waals surface area contributed by atoms with Gasteiger partial charge in [0.15, 0.2) is 0 Å². The number of hydrogen-bond acceptors (Lipinski definition) is 3. The van der Waals surface area contributed by atoms with Crippen LogP contribution in [-0.2, 0) is 14.3 Å². The van der Waals surface area contributed by atoms with Gasteiger partial charge in [0.25, 0.3) is 5.91 Å². The Morgan fingerprint density at radius 3 is 2.58 bits per heavy atom. The standard InChI is InChI=1S/C20H27FN2O3/c1-19(2,3)11-17(24)22-10-4-9-20(13-22)14-23(18(25)12-26-20)16-7-5-15(21)6-8-16/h5-8H,4,9-14H2,1-3H3. The van der Waals surface area contributed by atoms with Crippen LogP contribution in [-0.4, -0.2) is 48.6 Å². The number of amides is 2. The van der Waals surface area contributed by atoms with Gasteiger partial charge in [0.2, 0.25) is 5.91 Å². The van der Waals surface area contributed by atoms with Crippen molar-refractivity contribution in [1.29, 1.82) is 0 Å². The molecule has 0 saturated carbocycles. The highest BCUT2D eigenvalue weighted by Gasteiger charge is 2.44. The summed E-state index contributed by atoms with van der Waals surface area (Å²) >= 11 is 0. The molecule has 1 unspecified atom stereocenters. The number of hydrogen-bond donors (Lipinski definition) is 0. The molecular formula is C20H27FN2O3. The fourth-order valence-electron chi connectivity index (χ4n) is 3.69. The number of rotatable bonds is 2. The van der Waals surface area contributed by atoms with Gasteiger partial charge in [0.1, 0.15) is 18.0 Å². The molecule has 0 bridgehead atoms. The van der Waals surface area contributed by atoms with Gasteiger partial charge in [-0.25, -0.2) is 4.39 Å². The number of morpholine rings is 1. The topological polar surface area (TPSA) is 49.9 Å². The number of halogens is 1. The van der Waals surface area contributed by atoms with E-state index >= 15 is 0 Å². The molecule has 2 fully saturated rings. The van der Waals surface area contributed by atoms with Crippen molar-refractivity contribution < 1.29 is 18.7 Å². The number of benzene rings is 1. The molecule has 1 atom stereocenters. The minimum Gasteiger partial charge on any atom is -0.361 e. The average Bonchev–Trinajstić information content (AvgIpc) is 2.57. The fraction of sp³-hybridized carbons (Fsp3) is 0.600. The smallest absolute Gasteiger partial charge is 0.253 e. The molecule has 2 amide bonds. The van der Waals surface area contributed by atoms with Crippen LogP contribution in [0, 0.1) is 11.2 Å². The number of carbonyl (C=O) groups is 2. The Labute approximate surface area is 154 Å². The summed E-state index contributed by atoms with van der Waals surface area (Å²) in [7, 11) is 0. The maximum absolute atomic E-state index is 13.2. The van der Waals surface area contributed by atoms with Gasteiger partial charge in [-0.15, -0.1) is 0 Å². The van der Waals surface area contributed by atoms with Crippen molar-refractivity contribution in [3.05, 3.63) is 30.1 Å². The van der Waals surface area contributed by atoms with E-state index in [0.717, 1.165) is 19.4 Å². The van der Waals surface area contributed by atoms with Gasteiger partial charge in [0, 0.05) is 18.7 Å². The Bertz CT molecular complexity index is 683. The summed E-state index contributed by atoms with van der Waals surface area (Å²) < 4.78 is 19.1. The number of nitrogens with zero attached hydrogens (tertiary/aromatic N) is 2. The molecule has 2 aliphatic rings. The van der Waals surface area contributed by atoms with Crippen LogP contribution in [0.5, 0.6) is 0 Å². The van der Waals surface area contributed by atoms with Crippen molar-refractivity contribution in [2.45, 2.75) is 45.6 Å². The van der Waals surface area contributed by atoms with Crippen LogP contribution < -0.4 is 4.90 Å². The molecule has 5 nitrogen and oxygen atoms in total. The first-order chi connectivity index (χ1) is 12.2. The van der Waals surface area contributed by atoms with E-state index in [9.17, 15) is 14.0 Å². The summed E-state index contributed by atoms with van der Waals surface area (Å²) in [6.07, 6.45) is 2.14. The Balaban J connectivity index is 1.75. The first-order valence-electron chi connectivity index (χ1n) is 9.15. The molecule has 2 saturated heterocycles. The molecule has 6 heteroatoms. The van der Waals surface area contributed by atoms with E-state index in [1.807, 2.05) is 4.90 Å². The van der Waals surface area contributed by atoms with Gasteiger partial charge in [-0.2, -0.15) is 0 Å². The molecule has 26 heavy (non-hydrogen) atoms. The van der Waals surface area contributed by atoms with E-state index < -0.39 is 5.60 Å². The monoisotopic (exact) mass is 362 g/mol. The molecule has 1 aromatic carbocycles. The number of anilines is 1. The van der Waals surface area contributed by atoms with E-state index in [2.05, 4.69) is 20.8 Å². The number of ether oxygens (including phenoxy) is 1. The minimum atomic E-state index is -0.548. The van der Waals surface area contributed by atoms with Gasteiger partial charge in [-0.05, 0) is 42.5 Å². The summed E-state index contributed by atoms with van der Waals surface area (Å²) in [4.78, 5) is 28.5. The van der Waals surface area contributed by atoms with Gasteiger partial charge in [0.05, 0.1) is 13.1 Å². The van der Waals surface area contributed by atoms with Crippen LogP contribution in [0.25, 0.3) is 0 Å². The van der Waals surface area contributed by atoms with E-state index in [1.165, 1.54) is 12.1 Å². The van der Waals surface area contributed by atoms with Crippen LogP contribution in [0.15, 0.2) is 24.3 Å². The second-order valence-electron chi connectivity index (χ2n) is 8.58. The van der Waals surface area contributed by atoms with E-state index in [-0.39, 0.29) is 29.7 Å². The molecule has 0 radical (unpaired) electrons. The van der Waals surface area contributed by atoms with Crippen molar-refractivity contribution in [2.75, 3.05) is 31.1 Å². The highest BCUT2D eigenvalue weighted by molar-refractivity contribution is 5.95. The number of piperidine rings is 1. The SMILES string of the molecule is CC(C)(C)CC(=O)N1CCCC2(C1)CN(c1ccc(F)cc1)C(=O)CO2. The average molecular weight is 362 g/mol. The lowest BCUT2D eigenvalue weighted by atomic mass is 9.88. The van der Waals surface area contributed by atoms with Gasteiger partial charge < -0.3 is 14.5 Å². The Kier molecular flexibility index (Phi) is 5.06. The van der Waals surface area contributed by atoms with Gasteiger partial charge >= 0.3 is 0 Å². The number of carbonyl (C=O) groups excluding carboxylic acids is 2. The summed E-state index contributed by atoms with van der Waals surface area (Å²) in [6.45, 7) is 7.75. The van der Waals surface area contributed by atoms with E-state index in [4.69, 9.17) is 4.74 Å². The lowest BCUT2D eigenvalue weighted by Gasteiger charge is -2.48. The molecule has 142 valence electrons. The van der Waals surface area contributed by atoms with Gasteiger partial charge in [-0.1, -0.05) is 20.8 Å². The largest absolute Gasteiger partial charge is 0.361 e. The second kappa shape index (κ2) is 6.99. The molecule has 1 spiro atoms. The predicted molar refractivity (Wildman–Crippen MR) is 97.3 cm³/mol. The second-order valence-corrected chi connectivity index (χ2v) is 8.58. The third-order valence-electron chi connectivity index (χ3n) is 4.96. The Hall–Kier alpha value is -1.95. The van der Waals surface area contributed by atoms with Crippen LogP contribution in [0.3, 0.4) is 0 Å². The minimum absolute atomic E-state index is 0.0152. The predicted octanol–water partition coefficient (Wildman–Crippen LogP) is 2.99. The molecule has 0 aliphatic carbocycles. The van der Waals surface area contributed by atoms with Crippen LogP contribution in [0.1, 0.15) is 40.0 Å². The Morgan fingerprint density at radius 1 is 1.23 bits per heavy atom. The zero-order valence-corrected chi connectivity index (χ0v) is 15.8. The third-order valence-corrected chi connectivity index (χ3v) is 4.96. The van der Waals surface area contributed by atoms with E-state index in [0.29, 0.717) is 25.2 Å². The molecule has 3 rings (SSSR count). The van der Waals surface area contributed by atoms with Crippen molar-refractivity contribution in [3.63, 3.8) is 0 Å². The first kappa shape index (κ1) is 18.8. The lowest BCUT2D eigenvalue weighted by molar-refractivity contribution is -0.154. The fourth-order valence-corrected chi connectivity index (χ4v) is 3.69. The van der Waals surface area contributed by atoms with Crippen LogP contribution in [0.4, 0.5) is 10.1 Å². The Morgan fingerprint density at radius 2 is 1.92 bits per heavy atom. The highest BCUT2D eigenvalue weighted by atomic mass is 19.1. The summed E-state index contributed by atoms with van der Waals surface area (Å²) in [5.41, 5.74) is 0.0523. The third kappa shape index (κ3) is 4.23. The van der Waals surface area contributed by atoms with E-state index in [1.54, 1.807) is 17.0 Å². The maximum Gasteiger partial charge on any atom is 0.253 e. The first-order valence-corrected chi connectivity index (χ1v) is 9.15. The molecule has 1 aromatic rings. The van der Waals surface area contributed by atoms with Crippen LogP contribution >= 0.6 is 0 Å². The normalized spacial score (nSPS) is 24.2.